The smallest absolute Gasteiger partial charge is 0.242 e. The maximum atomic E-state index is 12.0. The van der Waals surface area contributed by atoms with E-state index in [4.69, 9.17) is 9.15 Å². The summed E-state index contributed by atoms with van der Waals surface area (Å²) in [5.74, 6) is 2.03. The van der Waals surface area contributed by atoms with Crippen LogP contribution in [0, 0.1) is 0 Å². The summed E-state index contributed by atoms with van der Waals surface area (Å²) in [4.78, 5) is 18.4. The zero-order chi connectivity index (χ0) is 18.8. The average molecular weight is 486 g/mol. The van der Waals surface area contributed by atoms with Crippen molar-refractivity contribution in [3.63, 3.8) is 0 Å². The molecule has 0 bridgehead atoms. The molecule has 27 heavy (non-hydrogen) atoms. The molecule has 8 heteroatoms. The monoisotopic (exact) mass is 486 g/mol. The molecule has 1 amide bonds. The lowest BCUT2D eigenvalue weighted by Crippen LogP contribution is -2.39. The minimum Gasteiger partial charge on any atom is -0.496 e. The molecule has 0 atom stereocenters. The van der Waals surface area contributed by atoms with Gasteiger partial charge in [0.15, 0.2) is 5.96 Å². The van der Waals surface area contributed by atoms with E-state index in [1.165, 1.54) is 0 Å². The molecule has 7 nitrogen and oxygen atoms in total. The van der Waals surface area contributed by atoms with Crippen LogP contribution in [0.25, 0.3) is 0 Å². The Bertz CT molecular complexity index is 720. The normalized spacial score (nSPS) is 10.7. The second-order valence-electron chi connectivity index (χ2n) is 5.69. The quantitative estimate of drug-likeness (QED) is 0.341. The fourth-order valence-electron chi connectivity index (χ4n) is 2.44. The van der Waals surface area contributed by atoms with Crippen molar-refractivity contribution < 1.29 is 13.9 Å². The van der Waals surface area contributed by atoms with E-state index in [-0.39, 0.29) is 36.4 Å². The Labute approximate surface area is 177 Å². The van der Waals surface area contributed by atoms with Gasteiger partial charge in [-0.15, -0.1) is 24.0 Å². The molecular formula is C19H27IN4O3. The molecule has 0 radical (unpaired) electrons. The van der Waals surface area contributed by atoms with Crippen LogP contribution in [0.1, 0.15) is 18.2 Å². The first kappa shape index (κ1) is 22.8. The van der Waals surface area contributed by atoms with E-state index >= 15 is 0 Å². The standard InChI is InChI=1S/C19H26N4O3.HI/c1-4-20-19(22-13-18(24)21-12-16-9-7-11-26-16)23(2)14-15-8-5-6-10-17(15)25-3;/h5-11H,4,12-14H2,1-3H3,(H,20,22)(H,21,24);1H. The molecule has 0 aliphatic heterocycles. The van der Waals surface area contributed by atoms with Gasteiger partial charge in [-0.05, 0) is 25.1 Å². The summed E-state index contributed by atoms with van der Waals surface area (Å²) in [5.41, 5.74) is 1.05. The highest BCUT2D eigenvalue weighted by atomic mass is 127. The molecule has 0 unspecified atom stereocenters. The summed E-state index contributed by atoms with van der Waals surface area (Å²) in [6.45, 7) is 3.71. The molecule has 0 aliphatic carbocycles. The molecule has 2 aromatic rings. The van der Waals surface area contributed by atoms with Gasteiger partial charge in [0.05, 0.1) is 19.9 Å². The van der Waals surface area contributed by atoms with Crippen molar-refractivity contribution in [2.75, 3.05) is 27.2 Å². The van der Waals surface area contributed by atoms with Crippen molar-refractivity contribution >= 4 is 35.8 Å². The third kappa shape index (κ3) is 7.49. The van der Waals surface area contributed by atoms with Gasteiger partial charge in [0.1, 0.15) is 18.1 Å². The van der Waals surface area contributed by atoms with Crippen molar-refractivity contribution in [3.8, 4) is 5.75 Å². The van der Waals surface area contributed by atoms with E-state index in [1.807, 2.05) is 49.2 Å². The summed E-state index contributed by atoms with van der Waals surface area (Å²) in [7, 11) is 3.58. The summed E-state index contributed by atoms with van der Waals surface area (Å²) in [6, 6.07) is 11.4. The lowest BCUT2D eigenvalue weighted by molar-refractivity contribution is -0.119. The second kappa shape index (κ2) is 12.2. The summed E-state index contributed by atoms with van der Waals surface area (Å²) in [5, 5.41) is 5.99. The lowest BCUT2D eigenvalue weighted by Gasteiger charge is -2.23. The molecule has 1 heterocycles. The highest BCUT2D eigenvalue weighted by Crippen LogP contribution is 2.18. The third-order valence-corrected chi connectivity index (χ3v) is 3.71. The predicted molar refractivity (Wildman–Crippen MR) is 116 cm³/mol. The van der Waals surface area contributed by atoms with Crippen LogP contribution in [0.3, 0.4) is 0 Å². The number of halogens is 1. The molecule has 2 N–H and O–H groups in total. The maximum Gasteiger partial charge on any atom is 0.242 e. The van der Waals surface area contributed by atoms with E-state index in [0.717, 1.165) is 11.3 Å². The van der Waals surface area contributed by atoms with Crippen LogP contribution in [0.5, 0.6) is 5.75 Å². The summed E-state index contributed by atoms with van der Waals surface area (Å²) < 4.78 is 10.6. The molecule has 148 valence electrons. The number of methoxy groups -OCH3 is 1. The molecule has 1 aromatic carbocycles. The van der Waals surface area contributed by atoms with E-state index in [9.17, 15) is 4.79 Å². The predicted octanol–water partition coefficient (Wildman–Crippen LogP) is 2.62. The van der Waals surface area contributed by atoms with E-state index < -0.39 is 0 Å². The number of furan rings is 1. The number of aliphatic imine (C=N–C) groups is 1. The molecule has 0 spiro atoms. The van der Waals surface area contributed by atoms with E-state index in [2.05, 4.69) is 15.6 Å². The van der Waals surface area contributed by atoms with Crippen LogP contribution >= 0.6 is 24.0 Å². The third-order valence-electron chi connectivity index (χ3n) is 3.71. The highest BCUT2D eigenvalue weighted by molar-refractivity contribution is 14.0. The second-order valence-corrected chi connectivity index (χ2v) is 5.69. The number of nitrogens with zero attached hydrogens (tertiary/aromatic N) is 2. The molecular weight excluding hydrogens is 459 g/mol. The number of nitrogens with one attached hydrogen (secondary N) is 2. The number of hydrogen-bond donors (Lipinski definition) is 2. The number of rotatable bonds is 8. The number of carbonyl (C=O) groups is 1. The molecule has 0 saturated heterocycles. The summed E-state index contributed by atoms with van der Waals surface area (Å²) in [6.07, 6.45) is 1.58. The van der Waals surface area contributed by atoms with Gasteiger partial charge in [0.25, 0.3) is 0 Å². The number of ether oxygens (including phenoxy) is 1. The van der Waals surface area contributed by atoms with Crippen molar-refractivity contribution in [1.29, 1.82) is 0 Å². The molecule has 0 aliphatic rings. The average Bonchev–Trinajstić information content (AvgIpc) is 3.17. The van der Waals surface area contributed by atoms with Crippen LogP contribution in [-0.2, 0) is 17.9 Å². The van der Waals surface area contributed by atoms with Gasteiger partial charge in [0, 0.05) is 25.7 Å². The van der Waals surface area contributed by atoms with Gasteiger partial charge in [-0.2, -0.15) is 0 Å². The molecule has 1 aromatic heterocycles. The van der Waals surface area contributed by atoms with Gasteiger partial charge in [0.2, 0.25) is 5.91 Å². The molecule has 0 fully saturated rings. The van der Waals surface area contributed by atoms with Crippen molar-refractivity contribution in [2.24, 2.45) is 4.99 Å². The Morgan fingerprint density at radius 2 is 2.00 bits per heavy atom. The number of amides is 1. The van der Waals surface area contributed by atoms with Crippen LogP contribution in [0.4, 0.5) is 0 Å². The fourth-order valence-corrected chi connectivity index (χ4v) is 2.44. The number of carbonyl (C=O) groups excluding carboxylic acids is 1. The van der Waals surface area contributed by atoms with Gasteiger partial charge in [-0.25, -0.2) is 4.99 Å². The minimum absolute atomic E-state index is 0. The van der Waals surface area contributed by atoms with Gasteiger partial charge >= 0.3 is 0 Å². The van der Waals surface area contributed by atoms with Crippen LogP contribution < -0.4 is 15.4 Å². The molecule has 2 rings (SSSR count). The highest BCUT2D eigenvalue weighted by Gasteiger charge is 2.11. The van der Waals surface area contributed by atoms with E-state index in [1.54, 1.807) is 19.4 Å². The topological polar surface area (TPSA) is 79.1 Å². The first-order chi connectivity index (χ1) is 12.6. The number of guanidine groups is 1. The zero-order valence-electron chi connectivity index (χ0n) is 15.9. The maximum absolute atomic E-state index is 12.0. The van der Waals surface area contributed by atoms with Crippen LogP contribution in [0.15, 0.2) is 52.1 Å². The lowest BCUT2D eigenvalue weighted by atomic mass is 10.2. The van der Waals surface area contributed by atoms with E-state index in [0.29, 0.717) is 31.4 Å². The van der Waals surface area contributed by atoms with Crippen molar-refractivity contribution in [2.45, 2.75) is 20.0 Å². The van der Waals surface area contributed by atoms with Crippen LogP contribution in [0.2, 0.25) is 0 Å². The van der Waals surface area contributed by atoms with Gasteiger partial charge in [-0.3, -0.25) is 4.79 Å². The zero-order valence-corrected chi connectivity index (χ0v) is 18.2. The Balaban J connectivity index is 0.00000364. The molecule has 0 saturated carbocycles. The summed E-state index contributed by atoms with van der Waals surface area (Å²) >= 11 is 0. The minimum atomic E-state index is -0.164. The SMILES string of the molecule is CCNC(=NCC(=O)NCc1ccco1)N(C)Cc1ccccc1OC.I. The Morgan fingerprint density at radius 1 is 1.22 bits per heavy atom. The Hall–Kier alpha value is -2.23. The number of benzene rings is 1. The fraction of sp³-hybridized carbons (Fsp3) is 0.368. The van der Waals surface area contributed by atoms with Crippen molar-refractivity contribution in [3.05, 3.63) is 54.0 Å². The van der Waals surface area contributed by atoms with Crippen molar-refractivity contribution in [1.82, 2.24) is 15.5 Å². The number of hydrogen-bond acceptors (Lipinski definition) is 4. The Morgan fingerprint density at radius 3 is 2.67 bits per heavy atom. The largest absolute Gasteiger partial charge is 0.496 e. The number of para-hydroxylation sites is 1. The van der Waals surface area contributed by atoms with Gasteiger partial charge < -0.3 is 24.7 Å². The first-order valence-electron chi connectivity index (χ1n) is 8.54. The van der Waals surface area contributed by atoms with Gasteiger partial charge in [-0.1, -0.05) is 18.2 Å². The Kier molecular flexibility index (Phi) is 10.3. The first-order valence-corrected chi connectivity index (χ1v) is 8.54. The van der Waals surface area contributed by atoms with Crippen LogP contribution in [-0.4, -0.2) is 44.0 Å².